The second-order valence-electron chi connectivity index (χ2n) is 5.14. The highest BCUT2D eigenvalue weighted by Gasteiger charge is 2.18. The SMILES string of the molecule is COCCOc1cccc(NC2CCCC(N)C2)c1. The van der Waals surface area contributed by atoms with Gasteiger partial charge in [-0.05, 0) is 37.8 Å². The largest absolute Gasteiger partial charge is 0.491 e. The van der Waals surface area contributed by atoms with E-state index < -0.39 is 0 Å². The standard InChI is InChI=1S/C15H24N2O2/c1-18-8-9-19-15-7-3-6-14(11-15)17-13-5-2-4-12(16)10-13/h3,6-7,11-13,17H,2,4-5,8-10,16H2,1H3. The Balaban J connectivity index is 1.87. The van der Waals surface area contributed by atoms with Gasteiger partial charge in [0.05, 0.1) is 6.61 Å². The maximum Gasteiger partial charge on any atom is 0.121 e. The lowest BCUT2D eigenvalue weighted by Crippen LogP contribution is -2.34. The van der Waals surface area contributed by atoms with E-state index in [4.69, 9.17) is 15.2 Å². The summed E-state index contributed by atoms with van der Waals surface area (Å²) >= 11 is 0. The molecule has 1 fully saturated rings. The van der Waals surface area contributed by atoms with Crippen molar-refractivity contribution in [3.63, 3.8) is 0 Å². The van der Waals surface area contributed by atoms with Crippen molar-refractivity contribution >= 4 is 5.69 Å². The topological polar surface area (TPSA) is 56.5 Å². The molecule has 1 aromatic rings. The predicted octanol–water partition coefficient (Wildman–Crippen LogP) is 2.39. The van der Waals surface area contributed by atoms with Crippen LogP contribution in [0.5, 0.6) is 5.75 Å². The summed E-state index contributed by atoms with van der Waals surface area (Å²) in [4.78, 5) is 0. The molecule has 1 aliphatic rings. The summed E-state index contributed by atoms with van der Waals surface area (Å²) in [7, 11) is 1.67. The molecule has 106 valence electrons. The first-order valence-corrected chi connectivity index (χ1v) is 7.02. The summed E-state index contributed by atoms with van der Waals surface area (Å²) in [5, 5.41) is 3.55. The first kappa shape index (κ1) is 14.2. The number of ether oxygens (including phenoxy) is 2. The van der Waals surface area contributed by atoms with Crippen molar-refractivity contribution in [2.45, 2.75) is 37.8 Å². The lowest BCUT2D eigenvalue weighted by atomic mass is 9.91. The van der Waals surface area contributed by atoms with Crippen LogP contribution in [0.1, 0.15) is 25.7 Å². The van der Waals surface area contributed by atoms with Gasteiger partial charge in [-0.15, -0.1) is 0 Å². The molecule has 2 unspecified atom stereocenters. The molecule has 0 aromatic heterocycles. The highest BCUT2D eigenvalue weighted by molar-refractivity contribution is 5.48. The third-order valence-corrected chi connectivity index (χ3v) is 3.48. The van der Waals surface area contributed by atoms with Gasteiger partial charge in [-0.1, -0.05) is 6.07 Å². The van der Waals surface area contributed by atoms with Gasteiger partial charge in [-0.3, -0.25) is 0 Å². The minimum absolute atomic E-state index is 0.340. The first-order valence-electron chi connectivity index (χ1n) is 7.02. The zero-order valence-corrected chi connectivity index (χ0v) is 11.6. The van der Waals surface area contributed by atoms with Gasteiger partial charge in [0.15, 0.2) is 0 Å². The average molecular weight is 264 g/mol. The third kappa shape index (κ3) is 4.73. The first-order chi connectivity index (χ1) is 9.28. The fourth-order valence-corrected chi connectivity index (χ4v) is 2.51. The Labute approximate surface area is 115 Å². The molecule has 3 N–H and O–H groups in total. The summed E-state index contributed by atoms with van der Waals surface area (Å²) in [6.45, 7) is 1.18. The maximum absolute atomic E-state index is 6.01. The molecule has 2 atom stereocenters. The summed E-state index contributed by atoms with van der Waals surface area (Å²) in [5.41, 5.74) is 7.12. The van der Waals surface area contributed by atoms with Crippen LogP contribution in [0.15, 0.2) is 24.3 Å². The molecular weight excluding hydrogens is 240 g/mol. The zero-order chi connectivity index (χ0) is 13.5. The number of hydrogen-bond donors (Lipinski definition) is 2. The number of nitrogens with one attached hydrogen (secondary N) is 1. The second kappa shape index (κ2) is 7.36. The predicted molar refractivity (Wildman–Crippen MR) is 77.7 cm³/mol. The van der Waals surface area contributed by atoms with Crippen LogP contribution in [-0.4, -0.2) is 32.4 Å². The lowest BCUT2D eigenvalue weighted by Gasteiger charge is -2.28. The van der Waals surface area contributed by atoms with E-state index >= 15 is 0 Å². The smallest absolute Gasteiger partial charge is 0.121 e. The molecular formula is C15H24N2O2. The Bertz CT molecular complexity index is 384. The van der Waals surface area contributed by atoms with Gasteiger partial charge < -0.3 is 20.5 Å². The molecule has 4 nitrogen and oxygen atoms in total. The van der Waals surface area contributed by atoms with Gasteiger partial charge in [-0.2, -0.15) is 0 Å². The van der Waals surface area contributed by atoms with Crippen LogP contribution in [-0.2, 0) is 4.74 Å². The molecule has 0 heterocycles. The Hall–Kier alpha value is -1.26. The van der Waals surface area contributed by atoms with Gasteiger partial charge >= 0.3 is 0 Å². The van der Waals surface area contributed by atoms with E-state index in [1.165, 1.54) is 12.8 Å². The van der Waals surface area contributed by atoms with Crippen molar-refractivity contribution in [3.05, 3.63) is 24.3 Å². The fraction of sp³-hybridized carbons (Fsp3) is 0.600. The van der Waals surface area contributed by atoms with E-state index in [0.717, 1.165) is 24.3 Å². The van der Waals surface area contributed by atoms with Crippen molar-refractivity contribution < 1.29 is 9.47 Å². The number of hydrogen-bond acceptors (Lipinski definition) is 4. The van der Waals surface area contributed by atoms with Gasteiger partial charge in [0.2, 0.25) is 0 Å². The zero-order valence-electron chi connectivity index (χ0n) is 11.6. The Morgan fingerprint density at radius 2 is 2.21 bits per heavy atom. The summed E-state index contributed by atoms with van der Waals surface area (Å²) < 4.78 is 10.6. The normalized spacial score (nSPS) is 23.1. The third-order valence-electron chi connectivity index (χ3n) is 3.48. The van der Waals surface area contributed by atoms with Gasteiger partial charge in [0.25, 0.3) is 0 Å². The van der Waals surface area contributed by atoms with Crippen molar-refractivity contribution in [2.75, 3.05) is 25.6 Å². The molecule has 1 aromatic carbocycles. The molecule has 4 heteroatoms. The van der Waals surface area contributed by atoms with Crippen molar-refractivity contribution in [1.82, 2.24) is 0 Å². The van der Waals surface area contributed by atoms with E-state index in [2.05, 4.69) is 11.4 Å². The van der Waals surface area contributed by atoms with Crippen LogP contribution < -0.4 is 15.8 Å². The highest BCUT2D eigenvalue weighted by Crippen LogP contribution is 2.23. The molecule has 0 bridgehead atoms. The van der Waals surface area contributed by atoms with Crippen LogP contribution in [0.3, 0.4) is 0 Å². The van der Waals surface area contributed by atoms with Crippen LogP contribution in [0.25, 0.3) is 0 Å². The summed E-state index contributed by atoms with van der Waals surface area (Å²) in [6, 6.07) is 8.91. The van der Waals surface area contributed by atoms with E-state index in [9.17, 15) is 0 Å². The van der Waals surface area contributed by atoms with Gasteiger partial charge in [-0.25, -0.2) is 0 Å². The minimum atomic E-state index is 0.340. The van der Waals surface area contributed by atoms with Crippen molar-refractivity contribution in [1.29, 1.82) is 0 Å². The molecule has 0 aliphatic heterocycles. The number of benzene rings is 1. The number of anilines is 1. The molecule has 0 radical (unpaired) electrons. The second-order valence-corrected chi connectivity index (χ2v) is 5.14. The Kier molecular flexibility index (Phi) is 5.48. The van der Waals surface area contributed by atoms with Crippen LogP contribution in [0.2, 0.25) is 0 Å². The van der Waals surface area contributed by atoms with Gasteiger partial charge in [0, 0.05) is 30.9 Å². The molecule has 0 saturated heterocycles. The summed E-state index contributed by atoms with van der Waals surface area (Å²) in [5.74, 6) is 0.877. The fourth-order valence-electron chi connectivity index (χ4n) is 2.51. The van der Waals surface area contributed by atoms with E-state index in [1.54, 1.807) is 7.11 Å². The average Bonchev–Trinajstić information content (AvgIpc) is 2.39. The number of nitrogens with two attached hydrogens (primary N) is 1. The van der Waals surface area contributed by atoms with E-state index in [0.29, 0.717) is 25.3 Å². The molecule has 0 spiro atoms. The van der Waals surface area contributed by atoms with Crippen molar-refractivity contribution in [3.8, 4) is 5.75 Å². The highest BCUT2D eigenvalue weighted by atomic mass is 16.5. The van der Waals surface area contributed by atoms with E-state index in [-0.39, 0.29) is 0 Å². The quantitative estimate of drug-likeness (QED) is 0.775. The molecule has 1 aliphatic carbocycles. The van der Waals surface area contributed by atoms with Crippen molar-refractivity contribution in [2.24, 2.45) is 5.73 Å². The van der Waals surface area contributed by atoms with Crippen LogP contribution in [0, 0.1) is 0 Å². The Morgan fingerprint density at radius 1 is 1.32 bits per heavy atom. The monoisotopic (exact) mass is 264 g/mol. The van der Waals surface area contributed by atoms with Crippen LogP contribution >= 0.6 is 0 Å². The molecule has 0 amide bonds. The maximum atomic E-state index is 6.01. The van der Waals surface area contributed by atoms with Crippen LogP contribution in [0.4, 0.5) is 5.69 Å². The minimum Gasteiger partial charge on any atom is -0.491 e. The molecule has 19 heavy (non-hydrogen) atoms. The lowest BCUT2D eigenvalue weighted by molar-refractivity contribution is 0.146. The number of rotatable bonds is 6. The number of methoxy groups -OCH3 is 1. The molecule has 2 rings (SSSR count). The summed E-state index contributed by atoms with van der Waals surface area (Å²) in [6.07, 6.45) is 4.61. The Morgan fingerprint density at radius 3 is 3.00 bits per heavy atom. The van der Waals surface area contributed by atoms with Gasteiger partial charge in [0.1, 0.15) is 12.4 Å². The molecule has 1 saturated carbocycles. The van der Waals surface area contributed by atoms with E-state index in [1.807, 2.05) is 18.2 Å².